The molecule has 90 valence electrons. The average molecular weight is 230 g/mol. The predicted octanol–water partition coefficient (Wildman–Crippen LogP) is 1.51. The van der Waals surface area contributed by atoms with Crippen molar-refractivity contribution in [1.29, 1.82) is 0 Å². The Morgan fingerprint density at radius 1 is 1.35 bits per heavy atom. The first-order chi connectivity index (χ1) is 8.33. The van der Waals surface area contributed by atoms with Crippen LogP contribution in [0.15, 0.2) is 18.2 Å². The van der Waals surface area contributed by atoms with Gasteiger partial charge in [0.25, 0.3) is 0 Å². The summed E-state index contributed by atoms with van der Waals surface area (Å²) in [6.07, 6.45) is 3.76. The quantitative estimate of drug-likeness (QED) is 0.850. The Labute approximate surface area is 101 Å². The highest BCUT2D eigenvalue weighted by molar-refractivity contribution is 5.74. The van der Waals surface area contributed by atoms with E-state index in [9.17, 15) is 0 Å². The van der Waals surface area contributed by atoms with E-state index in [1.807, 2.05) is 11.7 Å². The van der Waals surface area contributed by atoms with Gasteiger partial charge in [0.1, 0.15) is 5.52 Å². The van der Waals surface area contributed by atoms with Gasteiger partial charge < -0.3 is 5.32 Å². The van der Waals surface area contributed by atoms with E-state index in [2.05, 4.69) is 33.8 Å². The summed E-state index contributed by atoms with van der Waals surface area (Å²) < 4.78 is 1.82. The van der Waals surface area contributed by atoms with E-state index >= 15 is 0 Å². The second kappa shape index (κ2) is 4.45. The zero-order valence-electron chi connectivity index (χ0n) is 10.2. The fourth-order valence-corrected chi connectivity index (χ4v) is 2.63. The summed E-state index contributed by atoms with van der Waals surface area (Å²) >= 11 is 0. The molecule has 1 N–H and O–H groups in total. The molecule has 1 aliphatic heterocycles. The highest BCUT2D eigenvalue weighted by atomic mass is 15.4. The smallest absolute Gasteiger partial charge is 0.113 e. The molecule has 17 heavy (non-hydrogen) atoms. The molecule has 0 amide bonds. The maximum Gasteiger partial charge on any atom is 0.113 e. The van der Waals surface area contributed by atoms with Gasteiger partial charge in [-0.15, -0.1) is 5.10 Å². The van der Waals surface area contributed by atoms with Crippen molar-refractivity contribution in [2.75, 3.05) is 13.1 Å². The van der Waals surface area contributed by atoms with Crippen LogP contribution in [0.3, 0.4) is 0 Å². The minimum absolute atomic E-state index is 0.824. The Bertz CT molecular complexity index is 511. The molecule has 0 unspecified atom stereocenters. The number of hydrogen-bond acceptors (Lipinski definition) is 3. The lowest BCUT2D eigenvalue weighted by Gasteiger charge is -2.22. The van der Waals surface area contributed by atoms with Crippen molar-refractivity contribution in [3.05, 3.63) is 23.8 Å². The lowest BCUT2D eigenvalue weighted by molar-refractivity contribution is 0.373. The van der Waals surface area contributed by atoms with Gasteiger partial charge in [-0.05, 0) is 56.0 Å². The Kier molecular flexibility index (Phi) is 2.81. The van der Waals surface area contributed by atoms with E-state index in [1.54, 1.807) is 0 Å². The predicted molar refractivity (Wildman–Crippen MR) is 67.8 cm³/mol. The highest BCUT2D eigenvalue weighted by Gasteiger charge is 2.14. The molecule has 1 saturated heterocycles. The van der Waals surface area contributed by atoms with E-state index in [1.165, 1.54) is 24.8 Å². The Balaban J connectivity index is 1.80. The number of nitrogens with one attached hydrogen (secondary N) is 1. The summed E-state index contributed by atoms with van der Waals surface area (Å²) in [5.74, 6) is 0.824. The minimum Gasteiger partial charge on any atom is -0.317 e. The molecular weight excluding hydrogens is 212 g/mol. The van der Waals surface area contributed by atoms with Gasteiger partial charge in [0.05, 0.1) is 5.52 Å². The number of hydrogen-bond donors (Lipinski definition) is 1. The first kappa shape index (κ1) is 10.7. The topological polar surface area (TPSA) is 42.7 Å². The molecule has 0 aliphatic carbocycles. The number of nitrogens with zero attached hydrogens (tertiary/aromatic N) is 3. The van der Waals surface area contributed by atoms with Crippen LogP contribution in [0, 0.1) is 5.92 Å². The summed E-state index contributed by atoms with van der Waals surface area (Å²) in [6, 6.07) is 6.53. The number of benzene rings is 1. The molecule has 1 aliphatic rings. The number of piperidine rings is 1. The molecule has 1 fully saturated rings. The normalized spacial score (nSPS) is 17.7. The summed E-state index contributed by atoms with van der Waals surface area (Å²) in [5.41, 5.74) is 3.52. The third-order valence-electron chi connectivity index (χ3n) is 3.66. The molecule has 2 aromatic rings. The average Bonchev–Trinajstić information content (AvgIpc) is 2.72. The maximum absolute atomic E-state index is 4.17. The summed E-state index contributed by atoms with van der Waals surface area (Å²) in [4.78, 5) is 0. The first-order valence-electron chi connectivity index (χ1n) is 6.32. The van der Waals surface area contributed by atoms with Crippen molar-refractivity contribution in [3.63, 3.8) is 0 Å². The van der Waals surface area contributed by atoms with Crippen molar-refractivity contribution >= 4 is 11.0 Å². The Morgan fingerprint density at radius 3 is 3.00 bits per heavy atom. The van der Waals surface area contributed by atoms with Gasteiger partial charge in [-0.1, -0.05) is 11.3 Å². The van der Waals surface area contributed by atoms with Crippen molar-refractivity contribution < 1.29 is 0 Å². The molecule has 2 heterocycles. The van der Waals surface area contributed by atoms with Crippen molar-refractivity contribution in [2.24, 2.45) is 13.0 Å². The van der Waals surface area contributed by atoms with Crippen LogP contribution in [0.1, 0.15) is 18.4 Å². The summed E-state index contributed by atoms with van der Waals surface area (Å²) in [7, 11) is 1.93. The molecule has 4 nitrogen and oxygen atoms in total. The monoisotopic (exact) mass is 230 g/mol. The third kappa shape index (κ3) is 2.17. The summed E-state index contributed by atoms with van der Waals surface area (Å²) in [6.45, 7) is 2.33. The van der Waals surface area contributed by atoms with E-state index in [-0.39, 0.29) is 0 Å². The van der Waals surface area contributed by atoms with E-state index in [0.717, 1.165) is 30.0 Å². The van der Waals surface area contributed by atoms with E-state index in [4.69, 9.17) is 0 Å². The Hall–Kier alpha value is -1.42. The van der Waals surface area contributed by atoms with Gasteiger partial charge in [0, 0.05) is 7.05 Å². The van der Waals surface area contributed by atoms with Crippen LogP contribution in [-0.4, -0.2) is 28.1 Å². The van der Waals surface area contributed by atoms with Crippen LogP contribution in [0.25, 0.3) is 11.0 Å². The van der Waals surface area contributed by atoms with Crippen LogP contribution in [-0.2, 0) is 13.5 Å². The number of rotatable bonds is 2. The van der Waals surface area contributed by atoms with Gasteiger partial charge in [0.15, 0.2) is 0 Å². The van der Waals surface area contributed by atoms with Crippen LogP contribution in [0.4, 0.5) is 0 Å². The second-order valence-corrected chi connectivity index (χ2v) is 4.93. The van der Waals surface area contributed by atoms with Gasteiger partial charge in [0.2, 0.25) is 0 Å². The van der Waals surface area contributed by atoms with Gasteiger partial charge in [-0.25, -0.2) is 4.68 Å². The zero-order valence-corrected chi connectivity index (χ0v) is 10.2. The first-order valence-corrected chi connectivity index (χ1v) is 6.32. The van der Waals surface area contributed by atoms with Crippen LogP contribution < -0.4 is 5.32 Å². The van der Waals surface area contributed by atoms with Crippen molar-refractivity contribution in [1.82, 2.24) is 20.3 Å². The van der Waals surface area contributed by atoms with Crippen LogP contribution >= 0.6 is 0 Å². The molecule has 3 rings (SSSR count). The molecule has 4 heteroatoms. The van der Waals surface area contributed by atoms with Gasteiger partial charge in [-0.3, -0.25) is 0 Å². The van der Waals surface area contributed by atoms with Crippen LogP contribution in [0.5, 0.6) is 0 Å². The third-order valence-corrected chi connectivity index (χ3v) is 3.66. The SMILES string of the molecule is Cn1nnc2cc(CC3CCNCC3)ccc21. The fourth-order valence-electron chi connectivity index (χ4n) is 2.63. The molecule has 0 saturated carbocycles. The van der Waals surface area contributed by atoms with Gasteiger partial charge >= 0.3 is 0 Å². The molecule has 0 atom stereocenters. The van der Waals surface area contributed by atoms with Crippen molar-refractivity contribution in [3.8, 4) is 0 Å². The van der Waals surface area contributed by atoms with E-state index < -0.39 is 0 Å². The second-order valence-electron chi connectivity index (χ2n) is 4.93. The molecule has 1 aromatic carbocycles. The van der Waals surface area contributed by atoms with Crippen LogP contribution in [0.2, 0.25) is 0 Å². The Morgan fingerprint density at radius 2 is 2.18 bits per heavy atom. The largest absolute Gasteiger partial charge is 0.317 e. The lowest BCUT2D eigenvalue weighted by Crippen LogP contribution is -2.28. The number of aryl methyl sites for hydroxylation is 1. The van der Waals surface area contributed by atoms with E-state index in [0.29, 0.717) is 0 Å². The highest BCUT2D eigenvalue weighted by Crippen LogP contribution is 2.20. The molecular formula is C13H18N4. The number of aromatic nitrogens is 3. The van der Waals surface area contributed by atoms with Gasteiger partial charge in [-0.2, -0.15) is 0 Å². The molecule has 1 aromatic heterocycles. The minimum atomic E-state index is 0.824. The molecule has 0 radical (unpaired) electrons. The standard InChI is InChI=1S/C13H18N4/c1-17-13-3-2-11(9-12(13)15-16-17)8-10-4-6-14-7-5-10/h2-3,9-10,14H,4-8H2,1H3. The summed E-state index contributed by atoms with van der Waals surface area (Å²) in [5, 5.41) is 11.6. The maximum atomic E-state index is 4.17. The molecule has 0 bridgehead atoms. The molecule has 0 spiro atoms. The number of fused-ring (bicyclic) bond motifs is 1. The fraction of sp³-hybridized carbons (Fsp3) is 0.538. The lowest BCUT2D eigenvalue weighted by atomic mass is 9.91. The zero-order chi connectivity index (χ0) is 11.7. The van der Waals surface area contributed by atoms with Crippen molar-refractivity contribution in [2.45, 2.75) is 19.3 Å².